The minimum atomic E-state index is -1.00. The summed E-state index contributed by atoms with van der Waals surface area (Å²) in [6.07, 6.45) is 0.950. The van der Waals surface area contributed by atoms with Crippen LogP contribution in [0.5, 0.6) is 0 Å². The molecular weight excluding hydrogens is 492 g/mol. The fourth-order valence-electron chi connectivity index (χ4n) is 5.21. The van der Waals surface area contributed by atoms with Crippen molar-refractivity contribution in [3.05, 3.63) is 98.7 Å². The molecule has 0 radical (unpaired) electrons. The van der Waals surface area contributed by atoms with Crippen LogP contribution >= 0.6 is 0 Å². The molecule has 1 aliphatic heterocycles. The van der Waals surface area contributed by atoms with E-state index in [-0.39, 0.29) is 17.0 Å². The van der Waals surface area contributed by atoms with Gasteiger partial charge in [0, 0.05) is 42.0 Å². The van der Waals surface area contributed by atoms with E-state index in [0.717, 1.165) is 56.0 Å². The molecule has 0 bridgehead atoms. The quantitative estimate of drug-likeness (QED) is 0.299. The Hall–Kier alpha value is -3.94. The molecule has 1 fully saturated rings. The smallest absolute Gasteiger partial charge is 0.337 e. The van der Waals surface area contributed by atoms with Crippen molar-refractivity contribution < 1.29 is 19.1 Å². The maximum atomic E-state index is 13.5. The number of nitrogens with zero attached hydrogens (tertiary/aromatic N) is 1. The number of para-hydroxylation sites is 1. The number of rotatable bonds is 8. The predicted molar refractivity (Wildman–Crippen MR) is 154 cm³/mol. The second kappa shape index (κ2) is 11.4. The van der Waals surface area contributed by atoms with Crippen LogP contribution in [-0.2, 0) is 11.2 Å². The van der Waals surface area contributed by atoms with Crippen molar-refractivity contribution in [1.29, 1.82) is 0 Å². The first-order valence-electron chi connectivity index (χ1n) is 13.4. The van der Waals surface area contributed by atoms with E-state index >= 15 is 0 Å². The Morgan fingerprint density at radius 2 is 1.77 bits per heavy atom. The van der Waals surface area contributed by atoms with Crippen molar-refractivity contribution >= 4 is 22.6 Å². The van der Waals surface area contributed by atoms with E-state index in [1.54, 1.807) is 31.2 Å². The molecule has 0 saturated carbocycles. The largest absolute Gasteiger partial charge is 0.478 e. The fraction of sp³-hybridized carbons (Fsp3) is 0.312. The predicted octanol–water partition coefficient (Wildman–Crippen LogP) is 5.82. The van der Waals surface area contributed by atoms with E-state index in [2.05, 4.69) is 22.3 Å². The minimum absolute atomic E-state index is 0.0641. The molecule has 0 aliphatic carbocycles. The second-order valence-electron chi connectivity index (χ2n) is 10.2. The van der Waals surface area contributed by atoms with Crippen molar-refractivity contribution in [1.82, 2.24) is 4.90 Å². The Balaban J connectivity index is 1.48. The highest BCUT2D eigenvalue weighted by molar-refractivity contribution is 5.94. The average molecular weight is 527 g/mol. The lowest BCUT2D eigenvalue weighted by Crippen LogP contribution is -2.37. The van der Waals surface area contributed by atoms with Gasteiger partial charge in [-0.05, 0) is 56.5 Å². The second-order valence-corrected chi connectivity index (χ2v) is 10.2. The molecule has 0 amide bonds. The molecule has 3 aromatic carbocycles. The van der Waals surface area contributed by atoms with E-state index in [1.807, 2.05) is 38.1 Å². The molecule has 0 unspecified atom stereocenters. The molecule has 2 N–H and O–H groups in total. The van der Waals surface area contributed by atoms with E-state index in [0.29, 0.717) is 28.0 Å². The van der Waals surface area contributed by atoms with Gasteiger partial charge >= 0.3 is 5.97 Å². The van der Waals surface area contributed by atoms with Crippen LogP contribution in [-0.4, -0.2) is 48.8 Å². The molecule has 2 heterocycles. The SMILES string of the molecule is Cc1cc([C@@H](C)Nc2ccccc2C(=O)O)c2oc(-c3ccc(CCN4CCOCC4)cc3)c(C)c(=O)c2c1. The van der Waals surface area contributed by atoms with Gasteiger partial charge in [-0.2, -0.15) is 0 Å². The first kappa shape index (κ1) is 26.7. The fourth-order valence-corrected chi connectivity index (χ4v) is 5.21. The highest BCUT2D eigenvalue weighted by Crippen LogP contribution is 2.33. The number of fused-ring (bicyclic) bond motifs is 1. The van der Waals surface area contributed by atoms with Crippen LogP contribution in [0.1, 0.15) is 45.6 Å². The van der Waals surface area contributed by atoms with Crippen molar-refractivity contribution in [2.24, 2.45) is 0 Å². The first-order valence-corrected chi connectivity index (χ1v) is 13.4. The van der Waals surface area contributed by atoms with Crippen molar-refractivity contribution in [3.63, 3.8) is 0 Å². The van der Waals surface area contributed by atoms with E-state index in [1.165, 1.54) is 5.56 Å². The van der Waals surface area contributed by atoms with E-state index in [4.69, 9.17) is 9.15 Å². The summed E-state index contributed by atoms with van der Waals surface area (Å²) in [5.74, 6) is -0.451. The summed E-state index contributed by atoms with van der Waals surface area (Å²) in [6, 6.07) is 18.6. The molecule has 7 heteroatoms. The highest BCUT2D eigenvalue weighted by Gasteiger charge is 2.20. The topological polar surface area (TPSA) is 92.0 Å². The number of anilines is 1. The number of carboxylic acids is 1. The zero-order valence-corrected chi connectivity index (χ0v) is 22.6. The summed E-state index contributed by atoms with van der Waals surface area (Å²) >= 11 is 0. The number of hydrogen-bond donors (Lipinski definition) is 2. The lowest BCUT2D eigenvalue weighted by atomic mass is 9.98. The van der Waals surface area contributed by atoms with Crippen molar-refractivity contribution in [3.8, 4) is 11.3 Å². The standard InChI is InChI=1S/C32H34N2O5/c1-20-18-26(22(3)33-28-7-5-4-6-25(28)32(36)37)31-27(19-20)29(35)21(2)30(39-31)24-10-8-23(9-11-24)12-13-34-14-16-38-17-15-34/h4-11,18-19,22,33H,12-17H2,1-3H3,(H,36,37)/t22-/m1/s1. The normalized spacial score (nSPS) is 14.8. The zero-order valence-electron chi connectivity index (χ0n) is 22.6. The van der Waals surface area contributed by atoms with Gasteiger partial charge in [-0.25, -0.2) is 4.79 Å². The Labute approximate surface area is 228 Å². The third-order valence-corrected chi connectivity index (χ3v) is 7.42. The molecule has 0 spiro atoms. The van der Waals surface area contributed by atoms with E-state index < -0.39 is 5.97 Å². The summed E-state index contributed by atoms with van der Waals surface area (Å²) < 4.78 is 11.9. The van der Waals surface area contributed by atoms with Gasteiger partial charge in [-0.1, -0.05) is 42.5 Å². The molecule has 4 aromatic rings. The monoisotopic (exact) mass is 526 g/mol. The van der Waals surface area contributed by atoms with Crippen LogP contribution in [0, 0.1) is 13.8 Å². The van der Waals surface area contributed by atoms with Crippen LogP contribution < -0.4 is 10.7 Å². The maximum absolute atomic E-state index is 13.5. The van der Waals surface area contributed by atoms with Crippen LogP contribution in [0.3, 0.4) is 0 Å². The minimum Gasteiger partial charge on any atom is -0.478 e. The Morgan fingerprint density at radius 1 is 1.05 bits per heavy atom. The van der Waals surface area contributed by atoms with Gasteiger partial charge in [0.2, 0.25) is 0 Å². The van der Waals surface area contributed by atoms with Crippen LogP contribution in [0.2, 0.25) is 0 Å². The number of nitrogens with one attached hydrogen (secondary N) is 1. The summed E-state index contributed by atoms with van der Waals surface area (Å²) in [4.78, 5) is 27.7. The van der Waals surface area contributed by atoms with Gasteiger partial charge in [0.1, 0.15) is 11.3 Å². The number of carboxylic acid groups (broad SMARTS) is 1. The maximum Gasteiger partial charge on any atom is 0.337 e. The van der Waals surface area contributed by atoms with Gasteiger partial charge < -0.3 is 19.6 Å². The molecule has 7 nitrogen and oxygen atoms in total. The Bertz CT molecular complexity index is 1550. The number of benzene rings is 3. The third-order valence-electron chi connectivity index (χ3n) is 7.42. The van der Waals surface area contributed by atoms with Gasteiger partial charge in [0.25, 0.3) is 0 Å². The van der Waals surface area contributed by atoms with Crippen LogP contribution in [0.15, 0.2) is 69.9 Å². The van der Waals surface area contributed by atoms with Gasteiger partial charge in [0.05, 0.1) is 30.2 Å². The number of morpholine rings is 1. The first-order chi connectivity index (χ1) is 18.8. The molecule has 1 aliphatic rings. The van der Waals surface area contributed by atoms with Crippen molar-refractivity contribution in [2.45, 2.75) is 33.2 Å². The molecule has 1 atom stereocenters. The highest BCUT2D eigenvalue weighted by atomic mass is 16.5. The lowest BCUT2D eigenvalue weighted by molar-refractivity contribution is 0.0384. The molecule has 202 valence electrons. The van der Waals surface area contributed by atoms with Gasteiger partial charge in [-0.3, -0.25) is 9.69 Å². The molecule has 5 rings (SSSR count). The average Bonchev–Trinajstić information content (AvgIpc) is 2.95. The zero-order chi connectivity index (χ0) is 27.5. The number of aryl methyl sites for hydroxylation is 1. The molecule has 39 heavy (non-hydrogen) atoms. The number of carbonyl (C=O) groups is 1. The Morgan fingerprint density at radius 3 is 2.49 bits per heavy atom. The summed E-state index contributed by atoms with van der Waals surface area (Å²) in [5, 5.41) is 13.4. The number of aromatic carboxylic acids is 1. The summed E-state index contributed by atoms with van der Waals surface area (Å²) in [6.45, 7) is 10.2. The number of hydrogen-bond acceptors (Lipinski definition) is 6. The van der Waals surface area contributed by atoms with Crippen molar-refractivity contribution in [2.75, 3.05) is 38.2 Å². The van der Waals surface area contributed by atoms with Gasteiger partial charge in [0.15, 0.2) is 5.43 Å². The Kier molecular flexibility index (Phi) is 7.82. The summed E-state index contributed by atoms with van der Waals surface area (Å²) in [7, 11) is 0. The van der Waals surface area contributed by atoms with Gasteiger partial charge in [-0.15, -0.1) is 0 Å². The molecular formula is C32H34N2O5. The lowest BCUT2D eigenvalue weighted by Gasteiger charge is -2.26. The van der Waals surface area contributed by atoms with Crippen LogP contribution in [0.25, 0.3) is 22.3 Å². The molecule has 1 saturated heterocycles. The number of ether oxygens (including phenoxy) is 1. The molecule has 1 aromatic heterocycles. The van der Waals surface area contributed by atoms with E-state index in [9.17, 15) is 14.7 Å². The summed E-state index contributed by atoms with van der Waals surface area (Å²) in [5.41, 5.74) is 5.52. The third kappa shape index (κ3) is 5.75. The van der Waals surface area contributed by atoms with Crippen LogP contribution in [0.4, 0.5) is 5.69 Å².